The van der Waals surface area contributed by atoms with Crippen molar-refractivity contribution in [2.75, 3.05) is 5.43 Å². The van der Waals surface area contributed by atoms with E-state index in [9.17, 15) is 18.5 Å². The third-order valence-electron chi connectivity index (χ3n) is 2.56. The number of nitrogens with two attached hydrogens (primary N) is 1. The Balaban J connectivity index is 2.37. The molecule has 0 amide bonds. The lowest BCUT2D eigenvalue weighted by Crippen LogP contribution is -2.24. The molecule has 112 valence electrons. The van der Waals surface area contributed by atoms with Gasteiger partial charge in [0.15, 0.2) is 4.90 Å². The van der Waals surface area contributed by atoms with Crippen LogP contribution in [0.1, 0.15) is 5.69 Å². The summed E-state index contributed by atoms with van der Waals surface area (Å²) in [6, 6.07) is 5.22. The zero-order valence-corrected chi connectivity index (χ0v) is 11.3. The van der Waals surface area contributed by atoms with E-state index in [1.165, 1.54) is 24.5 Å². The summed E-state index contributed by atoms with van der Waals surface area (Å²) in [6.45, 7) is -0.156. The number of nitro groups is 1. The van der Waals surface area contributed by atoms with Gasteiger partial charge in [-0.15, -0.1) is 0 Å². The molecule has 0 bridgehead atoms. The Morgan fingerprint density at radius 2 is 2.14 bits per heavy atom. The van der Waals surface area contributed by atoms with E-state index in [-0.39, 0.29) is 12.2 Å². The number of nitro benzene ring substituents is 1. The predicted octanol–water partition coefficient (Wildman–Crippen LogP) is 0.347. The molecule has 0 atom stereocenters. The second-order valence-corrected chi connectivity index (χ2v) is 5.60. The molecular formula is C10H11N5O5S. The van der Waals surface area contributed by atoms with Gasteiger partial charge in [0, 0.05) is 6.07 Å². The fourth-order valence-electron chi connectivity index (χ4n) is 1.62. The molecule has 4 N–H and O–H groups in total. The van der Waals surface area contributed by atoms with Crippen LogP contribution in [0.5, 0.6) is 0 Å². The number of sulfonamides is 1. The summed E-state index contributed by atoms with van der Waals surface area (Å²) < 4.78 is 31.1. The SMILES string of the molecule is NNc1cccc(S(=O)(=O)NCc2ccon2)c1[N+](=O)[O-]. The lowest BCUT2D eigenvalue weighted by atomic mass is 10.3. The van der Waals surface area contributed by atoms with Gasteiger partial charge in [0.25, 0.3) is 0 Å². The Bertz CT molecular complexity index is 743. The molecule has 0 aliphatic carbocycles. The highest BCUT2D eigenvalue weighted by Gasteiger charge is 2.28. The molecule has 0 aliphatic rings. The van der Waals surface area contributed by atoms with Crippen LogP contribution in [-0.4, -0.2) is 18.5 Å². The van der Waals surface area contributed by atoms with Crippen molar-refractivity contribution in [3.8, 4) is 0 Å². The second kappa shape index (κ2) is 5.87. The third-order valence-corrected chi connectivity index (χ3v) is 3.99. The molecular weight excluding hydrogens is 302 g/mol. The van der Waals surface area contributed by atoms with Crippen LogP contribution in [0.15, 0.2) is 39.9 Å². The number of nitrogens with zero attached hydrogens (tertiary/aromatic N) is 2. The van der Waals surface area contributed by atoms with Crippen LogP contribution < -0.4 is 16.0 Å². The highest BCUT2D eigenvalue weighted by Crippen LogP contribution is 2.31. The molecule has 1 aromatic carbocycles. The molecule has 2 aromatic rings. The van der Waals surface area contributed by atoms with Crippen molar-refractivity contribution in [2.24, 2.45) is 5.84 Å². The standard InChI is InChI=1S/C10H11N5O5S/c11-13-8-2-1-3-9(10(8)15(16)17)21(18,19)12-6-7-4-5-20-14-7/h1-5,12-13H,6,11H2. The van der Waals surface area contributed by atoms with Gasteiger partial charge in [-0.25, -0.2) is 13.1 Å². The summed E-state index contributed by atoms with van der Waals surface area (Å²) in [5.74, 6) is 5.16. The van der Waals surface area contributed by atoms with Crippen molar-refractivity contribution in [3.05, 3.63) is 46.3 Å². The number of hydrazine groups is 1. The van der Waals surface area contributed by atoms with Crippen molar-refractivity contribution in [2.45, 2.75) is 11.4 Å². The lowest BCUT2D eigenvalue weighted by molar-refractivity contribution is -0.386. The molecule has 2 rings (SSSR count). The number of nitrogens with one attached hydrogen (secondary N) is 2. The lowest BCUT2D eigenvalue weighted by Gasteiger charge is -2.08. The fraction of sp³-hybridized carbons (Fsp3) is 0.100. The molecule has 0 saturated carbocycles. The van der Waals surface area contributed by atoms with Crippen LogP contribution in [0.3, 0.4) is 0 Å². The molecule has 0 fully saturated rings. The third kappa shape index (κ3) is 3.16. The summed E-state index contributed by atoms with van der Waals surface area (Å²) in [6.07, 6.45) is 1.28. The Kier molecular flexibility index (Phi) is 4.16. The van der Waals surface area contributed by atoms with E-state index in [4.69, 9.17) is 5.84 Å². The zero-order chi connectivity index (χ0) is 15.5. The van der Waals surface area contributed by atoms with Gasteiger partial charge in [0.2, 0.25) is 10.0 Å². The molecule has 0 saturated heterocycles. The van der Waals surface area contributed by atoms with E-state index in [1.54, 1.807) is 0 Å². The molecule has 0 spiro atoms. The topological polar surface area (TPSA) is 153 Å². The van der Waals surface area contributed by atoms with Crippen molar-refractivity contribution < 1.29 is 17.9 Å². The first kappa shape index (κ1) is 14.9. The largest absolute Gasteiger partial charge is 0.364 e. The highest BCUT2D eigenvalue weighted by atomic mass is 32.2. The average molecular weight is 313 g/mol. The van der Waals surface area contributed by atoms with Crippen LogP contribution >= 0.6 is 0 Å². The molecule has 10 nitrogen and oxygen atoms in total. The Hall–Kier alpha value is -2.50. The van der Waals surface area contributed by atoms with Gasteiger partial charge in [-0.2, -0.15) is 0 Å². The van der Waals surface area contributed by atoms with Gasteiger partial charge in [-0.1, -0.05) is 11.2 Å². The zero-order valence-electron chi connectivity index (χ0n) is 10.5. The number of hydrogen-bond acceptors (Lipinski definition) is 8. The highest BCUT2D eigenvalue weighted by molar-refractivity contribution is 7.89. The van der Waals surface area contributed by atoms with Gasteiger partial charge >= 0.3 is 5.69 Å². The van der Waals surface area contributed by atoms with Gasteiger partial charge in [0.05, 0.1) is 17.2 Å². The number of rotatable bonds is 6. The average Bonchev–Trinajstić information content (AvgIpc) is 2.97. The van der Waals surface area contributed by atoms with Crippen LogP contribution in [0.2, 0.25) is 0 Å². The minimum absolute atomic E-state index is 0.107. The Morgan fingerprint density at radius 1 is 1.38 bits per heavy atom. The number of hydrogen-bond donors (Lipinski definition) is 3. The minimum atomic E-state index is -4.11. The van der Waals surface area contributed by atoms with Crippen molar-refractivity contribution in [3.63, 3.8) is 0 Å². The second-order valence-electron chi connectivity index (χ2n) is 3.87. The molecule has 0 aliphatic heterocycles. The quantitative estimate of drug-likeness (QED) is 0.392. The van der Waals surface area contributed by atoms with Crippen molar-refractivity contribution in [1.82, 2.24) is 9.88 Å². The first-order chi connectivity index (χ1) is 9.95. The summed E-state index contributed by atoms with van der Waals surface area (Å²) in [5.41, 5.74) is 1.70. The molecule has 0 radical (unpaired) electrons. The van der Waals surface area contributed by atoms with Crippen LogP contribution in [0.4, 0.5) is 11.4 Å². The van der Waals surface area contributed by atoms with Crippen LogP contribution in [0, 0.1) is 10.1 Å². The maximum atomic E-state index is 12.2. The molecule has 0 unspecified atom stereocenters. The number of nitrogen functional groups attached to an aromatic ring is 1. The maximum Gasteiger partial charge on any atom is 0.313 e. The van der Waals surface area contributed by atoms with E-state index in [1.807, 2.05) is 0 Å². The smallest absolute Gasteiger partial charge is 0.313 e. The van der Waals surface area contributed by atoms with Crippen molar-refractivity contribution >= 4 is 21.4 Å². The van der Waals surface area contributed by atoms with E-state index in [0.29, 0.717) is 5.69 Å². The summed E-state index contributed by atoms with van der Waals surface area (Å²) >= 11 is 0. The van der Waals surface area contributed by atoms with Gasteiger partial charge in [-0.05, 0) is 12.1 Å². The van der Waals surface area contributed by atoms with Crippen molar-refractivity contribution in [1.29, 1.82) is 0 Å². The van der Waals surface area contributed by atoms with Crippen LogP contribution in [-0.2, 0) is 16.6 Å². The number of aromatic nitrogens is 1. The van der Waals surface area contributed by atoms with Crippen LogP contribution in [0.25, 0.3) is 0 Å². The minimum Gasteiger partial charge on any atom is -0.364 e. The first-order valence-corrected chi connectivity index (χ1v) is 7.07. The van der Waals surface area contributed by atoms with Gasteiger partial charge in [0.1, 0.15) is 12.0 Å². The number of benzene rings is 1. The van der Waals surface area contributed by atoms with E-state index in [2.05, 4.69) is 19.8 Å². The fourth-order valence-corrected chi connectivity index (χ4v) is 2.81. The predicted molar refractivity (Wildman–Crippen MR) is 71.4 cm³/mol. The molecule has 1 heterocycles. The number of anilines is 1. The summed E-state index contributed by atoms with van der Waals surface area (Å²) in [4.78, 5) is 9.76. The van der Waals surface area contributed by atoms with Gasteiger partial charge in [-0.3, -0.25) is 16.0 Å². The van der Waals surface area contributed by atoms with E-state index < -0.39 is 25.5 Å². The Morgan fingerprint density at radius 3 is 2.71 bits per heavy atom. The molecule has 21 heavy (non-hydrogen) atoms. The normalized spacial score (nSPS) is 11.3. The molecule has 1 aromatic heterocycles. The monoisotopic (exact) mass is 313 g/mol. The summed E-state index contributed by atoms with van der Waals surface area (Å²) in [5, 5.41) is 14.6. The van der Waals surface area contributed by atoms with E-state index >= 15 is 0 Å². The Labute approximate surface area is 119 Å². The van der Waals surface area contributed by atoms with E-state index in [0.717, 1.165) is 6.07 Å². The number of para-hydroxylation sites is 1. The van der Waals surface area contributed by atoms with Gasteiger partial charge < -0.3 is 9.95 Å². The molecule has 11 heteroatoms. The first-order valence-electron chi connectivity index (χ1n) is 5.58. The summed E-state index contributed by atoms with van der Waals surface area (Å²) in [7, 11) is -4.11. The maximum absolute atomic E-state index is 12.2.